The zero-order valence-electron chi connectivity index (χ0n) is 14.1. The molecule has 1 aromatic carbocycles. The number of rotatable bonds is 4. The van der Waals surface area contributed by atoms with Crippen LogP contribution in [0.15, 0.2) is 42.7 Å². The summed E-state index contributed by atoms with van der Waals surface area (Å²) in [6.45, 7) is 7.37. The number of nitrogens with one attached hydrogen (secondary N) is 1. The molecule has 3 rings (SSSR count). The Morgan fingerprint density at radius 2 is 1.58 bits per heavy atom. The molecule has 0 aliphatic carbocycles. The summed E-state index contributed by atoms with van der Waals surface area (Å²) in [6.07, 6.45) is 3.35. The van der Waals surface area contributed by atoms with Crippen molar-refractivity contribution in [2.24, 2.45) is 5.92 Å². The molecule has 0 radical (unpaired) electrons. The van der Waals surface area contributed by atoms with Crippen LogP contribution in [0.5, 0.6) is 0 Å². The van der Waals surface area contributed by atoms with Crippen LogP contribution in [0.2, 0.25) is 0 Å². The Hall–Kier alpha value is -2.63. The molecule has 0 bridgehead atoms. The number of carbonyl (C=O) groups is 1. The Morgan fingerprint density at radius 3 is 2.17 bits per heavy atom. The maximum Gasteiger partial charge on any atom is 0.227 e. The zero-order chi connectivity index (χ0) is 16.9. The molecular weight excluding hydrogens is 302 g/mol. The van der Waals surface area contributed by atoms with Crippen LogP contribution in [0.4, 0.5) is 17.3 Å². The number of hydrogen-bond donors (Lipinski definition) is 1. The Bertz CT molecular complexity index is 664. The second kappa shape index (κ2) is 7.29. The van der Waals surface area contributed by atoms with Gasteiger partial charge in [0.1, 0.15) is 0 Å². The summed E-state index contributed by atoms with van der Waals surface area (Å²) >= 11 is 0. The summed E-state index contributed by atoms with van der Waals surface area (Å²) in [7, 11) is 0. The predicted molar refractivity (Wildman–Crippen MR) is 96.4 cm³/mol. The smallest absolute Gasteiger partial charge is 0.227 e. The molecule has 2 heterocycles. The first-order valence-corrected chi connectivity index (χ1v) is 8.31. The van der Waals surface area contributed by atoms with E-state index < -0.39 is 0 Å². The van der Waals surface area contributed by atoms with Gasteiger partial charge in [-0.15, -0.1) is 0 Å². The Labute approximate surface area is 142 Å². The van der Waals surface area contributed by atoms with Crippen molar-refractivity contribution < 1.29 is 4.79 Å². The van der Waals surface area contributed by atoms with Crippen LogP contribution in [0, 0.1) is 5.92 Å². The highest BCUT2D eigenvalue weighted by atomic mass is 16.1. The van der Waals surface area contributed by atoms with Gasteiger partial charge in [0.15, 0.2) is 0 Å². The third-order valence-corrected chi connectivity index (χ3v) is 4.11. The van der Waals surface area contributed by atoms with Crippen molar-refractivity contribution in [2.75, 3.05) is 41.3 Å². The summed E-state index contributed by atoms with van der Waals surface area (Å²) in [5.41, 5.74) is 1.89. The first-order valence-electron chi connectivity index (χ1n) is 8.31. The van der Waals surface area contributed by atoms with Crippen molar-refractivity contribution in [2.45, 2.75) is 13.8 Å². The highest BCUT2D eigenvalue weighted by molar-refractivity contribution is 5.91. The average molecular weight is 325 g/mol. The summed E-state index contributed by atoms with van der Waals surface area (Å²) in [6, 6.07) is 10.4. The number of carbonyl (C=O) groups excluding carboxylic acids is 1. The fraction of sp³-hybridized carbons (Fsp3) is 0.389. The lowest BCUT2D eigenvalue weighted by Gasteiger charge is -2.36. The van der Waals surface area contributed by atoms with E-state index >= 15 is 0 Å². The zero-order valence-corrected chi connectivity index (χ0v) is 14.1. The van der Waals surface area contributed by atoms with Gasteiger partial charge in [0, 0.05) is 37.8 Å². The Balaban J connectivity index is 1.57. The molecule has 6 heteroatoms. The van der Waals surface area contributed by atoms with E-state index in [9.17, 15) is 4.79 Å². The molecule has 0 saturated carbocycles. The summed E-state index contributed by atoms with van der Waals surface area (Å²) in [4.78, 5) is 25.0. The van der Waals surface area contributed by atoms with Gasteiger partial charge in [0.25, 0.3) is 0 Å². The average Bonchev–Trinajstić information content (AvgIpc) is 2.63. The molecule has 1 aliphatic rings. The lowest BCUT2D eigenvalue weighted by atomic mass is 10.2. The van der Waals surface area contributed by atoms with Crippen LogP contribution in [0.1, 0.15) is 13.8 Å². The van der Waals surface area contributed by atoms with Crippen molar-refractivity contribution in [3.63, 3.8) is 0 Å². The molecule has 1 aliphatic heterocycles. The van der Waals surface area contributed by atoms with Crippen LogP contribution < -0.4 is 15.1 Å². The highest BCUT2D eigenvalue weighted by Gasteiger charge is 2.19. The third kappa shape index (κ3) is 3.82. The third-order valence-electron chi connectivity index (χ3n) is 4.11. The second-order valence-electron chi connectivity index (χ2n) is 6.23. The number of nitrogens with zero attached hydrogens (tertiary/aromatic N) is 4. The standard InChI is InChI=1S/C18H23N5O/c1-14(2)17(24)21-15-12-19-18(20-13-15)23-10-8-22(9-11-23)16-6-4-3-5-7-16/h3-7,12-14H,8-11H2,1-2H3,(H,21,24). The minimum Gasteiger partial charge on any atom is -0.368 e. The van der Waals surface area contributed by atoms with Gasteiger partial charge in [-0.3, -0.25) is 4.79 Å². The molecule has 6 nitrogen and oxygen atoms in total. The molecule has 1 aromatic heterocycles. The summed E-state index contributed by atoms with van der Waals surface area (Å²) in [5.74, 6) is 0.629. The van der Waals surface area contributed by atoms with Gasteiger partial charge in [0.05, 0.1) is 18.1 Å². The van der Waals surface area contributed by atoms with Gasteiger partial charge in [-0.2, -0.15) is 0 Å². The van der Waals surface area contributed by atoms with Gasteiger partial charge in [-0.25, -0.2) is 9.97 Å². The number of amides is 1. The lowest BCUT2D eigenvalue weighted by molar-refractivity contribution is -0.118. The second-order valence-corrected chi connectivity index (χ2v) is 6.23. The molecule has 0 spiro atoms. The highest BCUT2D eigenvalue weighted by Crippen LogP contribution is 2.18. The number of aromatic nitrogens is 2. The van der Waals surface area contributed by atoms with E-state index in [4.69, 9.17) is 0 Å². The van der Waals surface area contributed by atoms with Crippen LogP contribution >= 0.6 is 0 Å². The maximum atomic E-state index is 11.7. The molecule has 126 valence electrons. The summed E-state index contributed by atoms with van der Waals surface area (Å²) < 4.78 is 0. The van der Waals surface area contributed by atoms with E-state index in [0.717, 1.165) is 26.2 Å². The van der Waals surface area contributed by atoms with E-state index in [1.54, 1.807) is 12.4 Å². The fourth-order valence-corrected chi connectivity index (χ4v) is 2.64. The molecule has 2 aromatic rings. The monoisotopic (exact) mass is 325 g/mol. The first-order chi connectivity index (χ1) is 11.6. The van der Waals surface area contributed by atoms with E-state index in [-0.39, 0.29) is 11.8 Å². The van der Waals surface area contributed by atoms with Crippen molar-refractivity contribution in [1.82, 2.24) is 9.97 Å². The minimum atomic E-state index is -0.0595. The SMILES string of the molecule is CC(C)C(=O)Nc1cnc(N2CCN(c3ccccc3)CC2)nc1. The quantitative estimate of drug-likeness (QED) is 0.935. The molecule has 24 heavy (non-hydrogen) atoms. The lowest BCUT2D eigenvalue weighted by Crippen LogP contribution is -2.47. The number of piperazine rings is 1. The van der Waals surface area contributed by atoms with Crippen LogP contribution in [0.25, 0.3) is 0 Å². The predicted octanol–water partition coefficient (Wildman–Crippen LogP) is 2.40. The minimum absolute atomic E-state index is 0.0252. The number of benzene rings is 1. The Morgan fingerprint density at radius 1 is 1.00 bits per heavy atom. The topological polar surface area (TPSA) is 61.4 Å². The van der Waals surface area contributed by atoms with Crippen LogP contribution in [0.3, 0.4) is 0 Å². The molecule has 0 unspecified atom stereocenters. The van der Waals surface area contributed by atoms with Gasteiger partial charge >= 0.3 is 0 Å². The van der Waals surface area contributed by atoms with E-state index in [1.807, 2.05) is 19.9 Å². The Kier molecular flexibility index (Phi) is 4.93. The fourth-order valence-electron chi connectivity index (χ4n) is 2.64. The molecular formula is C18H23N5O. The van der Waals surface area contributed by atoms with Crippen molar-refractivity contribution in [3.05, 3.63) is 42.7 Å². The number of anilines is 3. The molecule has 0 atom stereocenters. The van der Waals surface area contributed by atoms with E-state index in [0.29, 0.717) is 11.6 Å². The normalized spacial score (nSPS) is 14.8. The van der Waals surface area contributed by atoms with Crippen molar-refractivity contribution in [1.29, 1.82) is 0 Å². The van der Waals surface area contributed by atoms with Crippen LogP contribution in [-0.2, 0) is 4.79 Å². The van der Waals surface area contributed by atoms with Gasteiger partial charge < -0.3 is 15.1 Å². The molecule has 1 saturated heterocycles. The van der Waals surface area contributed by atoms with Gasteiger partial charge in [-0.1, -0.05) is 32.0 Å². The maximum absolute atomic E-state index is 11.7. The van der Waals surface area contributed by atoms with E-state index in [2.05, 4.69) is 49.4 Å². The summed E-state index contributed by atoms with van der Waals surface area (Å²) in [5, 5.41) is 2.81. The number of hydrogen-bond acceptors (Lipinski definition) is 5. The van der Waals surface area contributed by atoms with Crippen molar-refractivity contribution in [3.8, 4) is 0 Å². The van der Waals surface area contributed by atoms with Crippen molar-refractivity contribution >= 4 is 23.2 Å². The van der Waals surface area contributed by atoms with Gasteiger partial charge in [-0.05, 0) is 12.1 Å². The first kappa shape index (κ1) is 16.2. The van der Waals surface area contributed by atoms with E-state index in [1.165, 1.54) is 5.69 Å². The van der Waals surface area contributed by atoms with Gasteiger partial charge in [0.2, 0.25) is 11.9 Å². The molecule has 1 N–H and O–H groups in total. The number of para-hydroxylation sites is 1. The molecule has 1 amide bonds. The van der Waals surface area contributed by atoms with Crippen LogP contribution in [-0.4, -0.2) is 42.1 Å². The largest absolute Gasteiger partial charge is 0.368 e. The molecule has 1 fully saturated rings.